The normalized spacial score (nSPS) is 12.1. The van der Waals surface area contributed by atoms with E-state index in [4.69, 9.17) is 14.2 Å². The van der Waals surface area contributed by atoms with E-state index < -0.39 is 17.6 Å². The van der Waals surface area contributed by atoms with Crippen molar-refractivity contribution in [1.82, 2.24) is 10.6 Å². The van der Waals surface area contributed by atoms with E-state index in [0.29, 0.717) is 52.0 Å². The zero-order valence-electron chi connectivity index (χ0n) is 22.9. The molecule has 0 spiro atoms. The number of amides is 2. The number of benzene rings is 1. The molecule has 37 heavy (non-hydrogen) atoms. The Morgan fingerprint density at radius 3 is 2.22 bits per heavy atom. The van der Waals surface area contributed by atoms with E-state index in [1.165, 1.54) is 9.13 Å². The second-order valence-electron chi connectivity index (χ2n) is 9.95. The second-order valence-corrected chi connectivity index (χ2v) is 11.2. The highest BCUT2D eigenvalue weighted by Crippen LogP contribution is 2.12. The molecule has 0 aromatic heterocycles. The summed E-state index contributed by atoms with van der Waals surface area (Å²) < 4.78 is 17.5. The van der Waals surface area contributed by atoms with Crippen molar-refractivity contribution in [3.63, 3.8) is 0 Å². The first-order valence-electron chi connectivity index (χ1n) is 13.3. The van der Waals surface area contributed by atoms with Gasteiger partial charge in [-0.2, -0.15) is 0 Å². The van der Waals surface area contributed by atoms with Gasteiger partial charge in [0.25, 0.3) is 0 Å². The first kappa shape index (κ1) is 33.3. The summed E-state index contributed by atoms with van der Waals surface area (Å²) in [6.45, 7) is 9.85. The van der Waals surface area contributed by atoms with Crippen molar-refractivity contribution in [2.24, 2.45) is 0 Å². The molecule has 0 bridgehead atoms. The van der Waals surface area contributed by atoms with Gasteiger partial charge in [-0.25, -0.2) is 4.79 Å². The van der Waals surface area contributed by atoms with Gasteiger partial charge in [-0.3, -0.25) is 9.59 Å². The summed E-state index contributed by atoms with van der Waals surface area (Å²) in [7, 11) is 0. The Labute approximate surface area is 236 Å². The number of unbranched alkanes of at least 4 members (excludes halogenated alkanes) is 1. The van der Waals surface area contributed by atoms with Crippen LogP contribution in [0.1, 0.15) is 78.2 Å². The molecule has 1 atom stereocenters. The van der Waals surface area contributed by atoms with Gasteiger partial charge < -0.3 is 24.8 Å². The van der Waals surface area contributed by atoms with E-state index in [0.717, 1.165) is 19.3 Å². The quantitative estimate of drug-likeness (QED) is 0.132. The molecule has 2 N–H and O–H groups in total. The summed E-state index contributed by atoms with van der Waals surface area (Å²) in [5.41, 5.74) is 0.587. The fourth-order valence-corrected chi connectivity index (χ4v) is 3.77. The van der Waals surface area contributed by atoms with Gasteiger partial charge in [0.05, 0.1) is 19.8 Å². The Bertz CT molecular complexity index is 795. The van der Waals surface area contributed by atoms with Gasteiger partial charge in [0.2, 0.25) is 11.8 Å². The van der Waals surface area contributed by atoms with Crippen molar-refractivity contribution < 1.29 is 28.6 Å². The molecular formula is C28H45IN2O6. The summed E-state index contributed by atoms with van der Waals surface area (Å²) in [4.78, 5) is 37.1. The van der Waals surface area contributed by atoms with Gasteiger partial charge >= 0.3 is 5.97 Å². The number of hydrogen-bond donors (Lipinski definition) is 2. The molecule has 0 aliphatic rings. The molecule has 0 saturated carbocycles. The Kier molecular flexibility index (Phi) is 17.4. The smallest absolute Gasteiger partial charge is 0.329 e. The van der Waals surface area contributed by atoms with Crippen molar-refractivity contribution in [2.45, 2.75) is 90.7 Å². The Morgan fingerprint density at radius 1 is 0.892 bits per heavy atom. The Hall–Kier alpha value is -1.72. The van der Waals surface area contributed by atoms with Crippen molar-refractivity contribution in [2.75, 3.05) is 33.0 Å². The molecule has 0 radical (unpaired) electrons. The number of aryl methyl sites for hydroxylation is 1. The lowest BCUT2D eigenvalue weighted by Gasteiger charge is -2.24. The number of esters is 1. The molecule has 1 aromatic carbocycles. The number of ether oxygens (including phenoxy) is 3. The lowest BCUT2D eigenvalue weighted by Crippen LogP contribution is -2.44. The standard InChI is InChI=1S/C28H45IN2O6/c1-5-18-35-20-21-36-19-16-26(33)31-24(27(34)37-28(2,3)4)10-6-7-17-30-25(32)11-8-9-22-12-14-23(29)15-13-22/h12-15,24H,5-11,16-21H2,1-4H3,(H,30,32)(H,31,33)/t24-/m0/s1. The summed E-state index contributed by atoms with van der Waals surface area (Å²) in [5, 5.41) is 5.73. The van der Waals surface area contributed by atoms with Gasteiger partial charge in [-0.1, -0.05) is 19.1 Å². The summed E-state index contributed by atoms with van der Waals surface area (Å²) in [5.74, 6) is -0.677. The minimum atomic E-state index is -0.732. The summed E-state index contributed by atoms with van der Waals surface area (Å²) >= 11 is 2.28. The first-order valence-corrected chi connectivity index (χ1v) is 14.4. The van der Waals surface area contributed by atoms with Gasteiger partial charge in [0.15, 0.2) is 0 Å². The molecule has 1 aromatic rings. The molecule has 0 aliphatic carbocycles. The maximum absolute atomic E-state index is 12.6. The molecule has 0 heterocycles. The van der Waals surface area contributed by atoms with Crippen LogP contribution in [0.4, 0.5) is 0 Å². The molecule has 0 unspecified atom stereocenters. The lowest BCUT2D eigenvalue weighted by molar-refractivity contribution is -0.159. The van der Waals surface area contributed by atoms with Gasteiger partial charge in [-0.05, 0) is 99.6 Å². The minimum absolute atomic E-state index is 0.0302. The highest BCUT2D eigenvalue weighted by Gasteiger charge is 2.26. The average molecular weight is 633 g/mol. The van der Waals surface area contributed by atoms with Gasteiger partial charge in [0, 0.05) is 29.6 Å². The number of halogens is 1. The highest BCUT2D eigenvalue weighted by molar-refractivity contribution is 14.1. The SMILES string of the molecule is CCCOCCOCCC(=O)N[C@@H](CCCCNC(=O)CCCc1ccc(I)cc1)C(=O)OC(C)(C)C. The second kappa shape index (κ2) is 19.4. The molecule has 210 valence electrons. The zero-order chi connectivity index (χ0) is 27.5. The van der Waals surface area contributed by atoms with E-state index in [9.17, 15) is 14.4 Å². The third-order valence-electron chi connectivity index (χ3n) is 5.24. The summed E-state index contributed by atoms with van der Waals surface area (Å²) in [6, 6.07) is 7.60. The van der Waals surface area contributed by atoms with Crippen LogP contribution in [0.3, 0.4) is 0 Å². The van der Waals surface area contributed by atoms with E-state index in [-0.39, 0.29) is 24.8 Å². The van der Waals surface area contributed by atoms with E-state index in [1.54, 1.807) is 20.8 Å². The molecule has 0 aliphatic heterocycles. The molecular weight excluding hydrogens is 587 g/mol. The minimum Gasteiger partial charge on any atom is -0.458 e. The first-order chi connectivity index (χ1) is 17.6. The van der Waals surface area contributed by atoms with Gasteiger partial charge in [-0.15, -0.1) is 0 Å². The highest BCUT2D eigenvalue weighted by atomic mass is 127. The number of rotatable bonds is 19. The molecule has 0 saturated heterocycles. The van der Waals surface area contributed by atoms with E-state index in [1.807, 2.05) is 6.92 Å². The molecule has 1 rings (SSSR count). The fraction of sp³-hybridized carbons (Fsp3) is 0.679. The maximum Gasteiger partial charge on any atom is 0.329 e. The van der Waals surface area contributed by atoms with Crippen molar-refractivity contribution in [1.29, 1.82) is 0 Å². The predicted molar refractivity (Wildman–Crippen MR) is 153 cm³/mol. The molecule has 9 heteroatoms. The molecule has 2 amide bonds. The van der Waals surface area contributed by atoms with E-state index in [2.05, 4.69) is 57.5 Å². The number of carbonyl (C=O) groups excluding carboxylic acids is 3. The number of nitrogens with one attached hydrogen (secondary N) is 2. The van der Waals surface area contributed by atoms with Crippen LogP contribution in [-0.2, 0) is 35.0 Å². The van der Waals surface area contributed by atoms with Crippen LogP contribution in [0, 0.1) is 3.57 Å². The van der Waals surface area contributed by atoms with Crippen LogP contribution in [0.15, 0.2) is 24.3 Å². The van der Waals surface area contributed by atoms with Crippen LogP contribution >= 0.6 is 22.6 Å². The Morgan fingerprint density at radius 2 is 1.57 bits per heavy atom. The fourth-order valence-electron chi connectivity index (χ4n) is 3.41. The van der Waals surface area contributed by atoms with E-state index >= 15 is 0 Å². The lowest BCUT2D eigenvalue weighted by atomic mass is 10.1. The third kappa shape index (κ3) is 18.2. The van der Waals surface area contributed by atoms with Crippen LogP contribution < -0.4 is 10.6 Å². The maximum atomic E-state index is 12.6. The van der Waals surface area contributed by atoms with Crippen LogP contribution in [0.5, 0.6) is 0 Å². The monoisotopic (exact) mass is 632 g/mol. The van der Waals surface area contributed by atoms with Crippen LogP contribution in [0.25, 0.3) is 0 Å². The van der Waals surface area contributed by atoms with Gasteiger partial charge in [0.1, 0.15) is 11.6 Å². The van der Waals surface area contributed by atoms with Crippen LogP contribution in [0.2, 0.25) is 0 Å². The Balaban J connectivity index is 2.31. The largest absolute Gasteiger partial charge is 0.458 e. The number of hydrogen-bond acceptors (Lipinski definition) is 6. The summed E-state index contributed by atoms with van der Waals surface area (Å²) in [6.07, 6.45) is 5.08. The zero-order valence-corrected chi connectivity index (χ0v) is 25.1. The van der Waals surface area contributed by atoms with Crippen molar-refractivity contribution in [3.05, 3.63) is 33.4 Å². The molecule has 8 nitrogen and oxygen atoms in total. The number of carbonyl (C=O) groups is 3. The third-order valence-corrected chi connectivity index (χ3v) is 5.96. The van der Waals surface area contributed by atoms with Crippen LogP contribution in [-0.4, -0.2) is 62.4 Å². The molecule has 0 fully saturated rings. The van der Waals surface area contributed by atoms with Crippen molar-refractivity contribution >= 4 is 40.4 Å². The average Bonchev–Trinajstić information content (AvgIpc) is 2.82. The topological polar surface area (TPSA) is 103 Å². The van der Waals surface area contributed by atoms with Crippen molar-refractivity contribution in [3.8, 4) is 0 Å². The predicted octanol–water partition coefficient (Wildman–Crippen LogP) is 4.56.